The number of hydrogen-bond acceptors (Lipinski definition) is 3. The van der Waals surface area contributed by atoms with Crippen molar-refractivity contribution in [2.45, 2.75) is 25.3 Å². The van der Waals surface area contributed by atoms with Gasteiger partial charge >= 0.3 is 0 Å². The molecule has 0 aromatic heterocycles. The quantitative estimate of drug-likeness (QED) is 0.865. The average Bonchev–Trinajstić information content (AvgIpc) is 2.56. The van der Waals surface area contributed by atoms with Gasteiger partial charge in [-0.1, -0.05) is 28.9 Å². The summed E-state index contributed by atoms with van der Waals surface area (Å²) in [6.45, 7) is 3.13. The molecule has 1 aromatic carbocycles. The summed E-state index contributed by atoms with van der Waals surface area (Å²) in [4.78, 5) is 6.66. The zero-order valence-electron chi connectivity index (χ0n) is 9.86. The van der Waals surface area contributed by atoms with Crippen LogP contribution in [0.4, 0.5) is 5.69 Å². The van der Waals surface area contributed by atoms with E-state index in [0.29, 0.717) is 5.96 Å². The highest BCUT2D eigenvalue weighted by Gasteiger charge is 2.51. The van der Waals surface area contributed by atoms with Gasteiger partial charge in [0.15, 0.2) is 5.96 Å². The van der Waals surface area contributed by atoms with Gasteiger partial charge in [-0.25, -0.2) is 0 Å². The summed E-state index contributed by atoms with van der Waals surface area (Å²) in [7, 11) is 0. The molecule has 1 aliphatic carbocycles. The van der Waals surface area contributed by atoms with Crippen molar-refractivity contribution < 1.29 is 0 Å². The molecule has 0 bridgehead atoms. The van der Waals surface area contributed by atoms with Gasteiger partial charge in [0.2, 0.25) is 0 Å². The van der Waals surface area contributed by atoms with Gasteiger partial charge in [0.1, 0.15) is 0 Å². The fourth-order valence-corrected chi connectivity index (χ4v) is 3.57. The minimum absolute atomic E-state index is 0.157. The summed E-state index contributed by atoms with van der Waals surface area (Å²) >= 11 is 3.51. The van der Waals surface area contributed by atoms with Crippen LogP contribution in [0.2, 0.25) is 0 Å². The standard InChI is InChI=1S/C13H16BrN3/c1-9-6-13(7-9)8-16-12(15)17(13)11-4-2-3-10(14)5-11/h2-5,9H,6-8H2,1H3,(H2,15,16). The zero-order chi connectivity index (χ0) is 12.0. The zero-order valence-corrected chi connectivity index (χ0v) is 11.4. The molecule has 2 aliphatic rings. The van der Waals surface area contributed by atoms with Crippen LogP contribution in [0.5, 0.6) is 0 Å². The molecule has 4 heteroatoms. The smallest absolute Gasteiger partial charge is 0.196 e. The van der Waals surface area contributed by atoms with Crippen molar-refractivity contribution in [3.63, 3.8) is 0 Å². The third kappa shape index (κ3) is 1.66. The van der Waals surface area contributed by atoms with E-state index in [-0.39, 0.29) is 5.54 Å². The van der Waals surface area contributed by atoms with E-state index in [4.69, 9.17) is 5.73 Å². The molecule has 0 saturated heterocycles. The second-order valence-electron chi connectivity index (χ2n) is 5.23. The van der Waals surface area contributed by atoms with E-state index in [1.807, 2.05) is 12.1 Å². The summed E-state index contributed by atoms with van der Waals surface area (Å²) in [5.74, 6) is 1.45. The van der Waals surface area contributed by atoms with Crippen LogP contribution < -0.4 is 10.6 Å². The normalized spacial score (nSPS) is 31.5. The number of benzene rings is 1. The van der Waals surface area contributed by atoms with E-state index < -0.39 is 0 Å². The highest BCUT2D eigenvalue weighted by atomic mass is 79.9. The van der Waals surface area contributed by atoms with Gasteiger partial charge in [0.05, 0.1) is 12.1 Å². The highest BCUT2D eigenvalue weighted by molar-refractivity contribution is 9.10. The Morgan fingerprint density at radius 2 is 2.24 bits per heavy atom. The molecular formula is C13H16BrN3. The van der Waals surface area contributed by atoms with Crippen LogP contribution in [0.1, 0.15) is 19.8 Å². The maximum Gasteiger partial charge on any atom is 0.196 e. The predicted molar refractivity (Wildman–Crippen MR) is 74.2 cm³/mol. The van der Waals surface area contributed by atoms with Crippen molar-refractivity contribution in [2.24, 2.45) is 16.6 Å². The van der Waals surface area contributed by atoms with Gasteiger partial charge in [-0.15, -0.1) is 0 Å². The van der Waals surface area contributed by atoms with Gasteiger partial charge in [0, 0.05) is 10.2 Å². The minimum atomic E-state index is 0.157. The maximum absolute atomic E-state index is 6.05. The maximum atomic E-state index is 6.05. The summed E-state index contributed by atoms with van der Waals surface area (Å²) in [5.41, 5.74) is 7.35. The van der Waals surface area contributed by atoms with Crippen molar-refractivity contribution in [1.82, 2.24) is 0 Å². The van der Waals surface area contributed by atoms with Crippen molar-refractivity contribution >= 4 is 27.6 Å². The molecular weight excluding hydrogens is 278 g/mol. The number of hydrogen-bond donors (Lipinski definition) is 1. The number of aliphatic imine (C=N–C) groups is 1. The third-order valence-electron chi connectivity index (χ3n) is 3.76. The lowest BCUT2D eigenvalue weighted by Crippen LogP contribution is -2.59. The first-order valence-corrected chi connectivity index (χ1v) is 6.76. The Bertz CT molecular complexity index is 477. The topological polar surface area (TPSA) is 41.6 Å². The van der Waals surface area contributed by atoms with Crippen LogP contribution in [0.15, 0.2) is 33.7 Å². The molecule has 90 valence electrons. The van der Waals surface area contributed by atoms with Gasteiger partial charge in [-0.05, 0) is 37.0 Å². The molecule has 1 spiro atoms. The van der Waals surface area contributed by atoms with Gasteiger partial charge in [0.25, 0.3) is 0 Å². The second kappa shape index (κ2) is 3.73. The second-order valence-corrected chi connectivity index (χ2v) is 6.14. The first-order valence-electron chi connectivity index (χ1n) is 5.96. The van der Waals surface area contributed by atoms with E-state index in [0.717, 1.165) is 22.6 Å². The fraction of sp³-hybridized carbons (Fsp3) is 0.462. The van der Waals surface area contributed by atoms with Crippen LogP contribution in [0.25, 0.3) is 0 Å². The van der Waals surface area contributed by atoms with Crippen LogP contribution in [0, 0.1) is 5.92 Å². The van der Waals surface area contributed by atoms with E-state index in [2.05, 4.69) is 44.9 Å². The number of halogens is 1. The molecule has 0 unspecified atom stereocenters. The number of nitrogens with two attached hydrogens (primary N) is 1. The summed E-state index contributed by atoms with van der Waals surface area (Å²) in [6, 6.07) is 8.28. The average molecular weight is 294 g/mol. The van der Waals surface area contributed by atoms with Crippen LogP contribution in [-0.2, 0) is 0 Å². The Hall–Kier alpha value is -1.03. The van der Waals surface area contributed by atoms with E-state index in [9.17, 15) is 0 Å². The predicted octanol–water partition coefficient (Wildman–Crippen LogP) is 2.75. The van der Waals surface area contributed by atoms with E-state index >= 15 is 0 Å². The third-order valence-corrected chi connectivity index (χ3v) is 4.26. The molecule has 1 aromatic rings. The summed E-state index contributed by atoms with van der Waals surface area (Å²) < 4.78 is 1.08. The summed E-state index contributed by atoms with van der Waals surface area (Å²) in [6.07, 6.45) is 2.37. The molecule has 17 heavy (non-hydrogen) atoms. The fourth-order valence-electron chi connectivity index (χ4n) is 3.18. The molecule has 1 saturated carbocycles. The van der Waals surface area contributed by atoms with E-state index in [1.54, 1.807) is 0 Å². The van der Waals surface area contributed by atoms with Crippen LogP contribution >= 0.6 is 15.9 Å². The Labute approximate surface area is 110 Å². The first-order chi connectivity index (χ1) is 8.11. The molecule has 1 heterocycles. The van der Waals surface area contributed by atoms with Crippen LogP contribution in [0.3, 0.4) is 0 Å². The molecule has 1 aliphatic heterocycles. The molecule has 0 amide bonds. The number of nitrogens with zero attached hydrogens (tertiary/aromatic N) is 2. The monoisotopic (exact) mass is 293 g/mol. The van der Waals surface area contributed by atoms with Gasteiger partial charge < -0.3 is 10.6 Å². The van der Waals surface area contributed by atoms with Crippen LogP contribution in [-0.4, -0.2) is 18.0 Å². The van der Waals surface area contributed by atoms with Gasteiger partial charge in [-0.3, -0.25) is 4.99 Å². The highest BCUT2D eigenvalue weighted by Crippen LogP contribution is 2.46. The number of anilines is 1. The van der Waals surface area contributed by atoms with Crippen molar-refractivity contribution in [3.8, 4) is 0 Å². The SMILES string of the molecule is CC1CC2(CN=C(N)N2c2cccc(Br)c2)C1. The molecule has 1 fully saturated rings. The Morgan fingerprint density at radius 1 is 1.47 bits per heavy atom. The molecule has 3 rings (SSSR count). The molecule has 0 atom stereocenters. The Morgan fingerprint density at radius 3 is 2.88 bits per heavy atom. The number of guanidine groups is 1. The van der Waals surface area contributed by atoms with Gasteiger partial charge in [-0.2, -0.15) is 0 Å². The Kier molecular flexibility index (Phi) is 2.43. The molecule has 2 N–H and O–H groups in total. The lowest BCUT2D eigenvalue weighted by molar-refractivity contribution is 0.182. The molecule has 0 radical (unpaired) electrons. The van der Waals surface area contributed by atoms with Crippen molar-refractivity contribution in [1.29, 1.82) is 0 Å². The minimum Gasteiger partial charge on any atom is -0.369 e. The van der Waals surface area contributed by atoms with E-state index in [1.165, 1.54) is 12.8 Å². The first kappa shape index (κ1) is 11.1. The number of rotatable bonds is 1. The largest absolute Gasteiger partial charge is 0.369 e. The summed E-state index contributed by atoms with van der Waals surface area (Å²) in [5, 5.41) is 0. The van der Waals surface area contributed by atoms with Crippen molar-refractivity contribution in [3.05, 3.63) is 28.7 Å². The van der Waals surface area contributed by atoms with Crippen molar-refractivity contribution in [2.75, 3.05) is 11.4 Å². The lowest BCUT2D eigenvalue weighted by Gasteiger charge is -2.49. The Balaban J connectivity index is 1.97. The lowest BCUT2D eigenvalue weighted by atomic mass is 9.68. The molecule has 3 nitrogen and oxygen atoms in total.